The maximum absolute atomic E-state index is 13.4. The lowest BCUT2D eigenvalue weighted by Gasteiger charge is -2.27. The van der Waals surface area contributed by atoms with Crippen LogP contribution in [0.25, 0.3) is 11.4 Å². The molecule has 0 radical (unpaired) electrons. The summed E-state index contributed by atoms with van der Waals surface area (Å²) in [6, 6.07) is 10.0. The molecular weight excluding hydrogens is 460 g/mol. The number of ether oxygens (including phenoxy) is 2. The molecule has 1 aliphatic heterocycles. The van der Waals surface area contributed by atoms with Gasteiger partial charge in [-0.1, -0.05) is 12.1 Å². The third kappa shape index (κ3) is 4.54. The van der Waals surface area contributed by atoms with E-state index in [9.17, 15) is 14.7 Å². The number of nitrogens with zero attached hydrogens (tertiary/aromatic N) is 4. The summed E-state index contributed by atoms with van der Waals surface area (Å²) in [4.78, 5) is 34.6. The standard InChI is InChI=1S/C27H32N4O5/c1-6-35-19-12-11-18(16-20(19)36-7-2)24-22(26(33)27(34)31(24)15-14-29(4)5)25(32)23-17(3)28-21-10-8-9-13-30(21)23/h8-13,16,24,32H,6-7,14-15H2,1-5H3/b25-22+. The molecule has 3 heterocycles. The SMILES string of the molecule is CCOc1ccc(C2/C(=C(\O)c3c(C)nc4ccccn34)C(=O)C(=O)N2CCN(C)C)cc1OCC. The second-order valence-electron chi connectivity index (χ2n) is 8.84. The number of likely N-dealkylation sites (N-methyl/N-ethyl adjacent to an activating group) is 1. The third-order valence-electron chi connectivity index (χ3n) is 6.14. The summed E-state index contributed by atoms with van der Waals surface area (Å²) in [6.45, 7) is 7.27. The van der Waals surface area contributed by atoms with Crippen molar-refractivity contribution in [2.75, 3.05) is 40.4 Å². The molecule has 1 aromatic carbocycles. The van der Waals surface area contributed by atoms with Gasteiger partial charge in [-0.15, -0.1) is 0 Å². The number of imidazole rings is 1. The Morgan fingerprint density at radius 3 is 2.50 bits per heavy atom. The Hall–Kier alpha value is -3.85. The number of Topliss-reactive ketones (excluding diaryl/α,β-unsaturated/α-hetero) is 1. The molecule has 1 saturated heterocycles. The highest BCUT2D eigenvalue weighted by molar-refractivity contribution is 6.46. The Kier molecular flexibility index (Phi) is 7.30. The zero-order chi connectivity index (χ0) is 26.0. The molecule has 3 aromatic rings. The maximum Gasteiger partial charge on any atom is 0.295 e. The van der Waals surface area contributed by atoms with Crippen LogP contribution in [-0.2, 0) is 9.59 Å². The van der Waals surface area contributed by atoms with Crippen LogP contribution in [-0.4, -0.2) is 76.4 Å². The number of hydrogen-bond acceptors (Lipinski definition) is 7. The first-order valence-corrected chi connectivity index (χ1v) is 12.0. The van der Waals surface area contributed by atoms with Crippen molar-refractivity contribution >= 4 is 23.1 Å². The van der Waals surface area contributed by atoms with Crippen LogP contribution < -0.4 is 9.47 Å². The Balaban J connectivity index is 1.93. The molecular formula is C27H32N4O5. The van der Waals surface area contributed by atoms with Crippen LogP contribution in [0.15, 0.2) is 48.2 Å². The zero-order valence-corrected chi connectivity index (χ0v) is 21.3. The van der Waals surface area contributed by atoms with Crippen molar-refractivity contribution in [1.82, 2.24) is 19.2 Å². The largest absolute Gasteiger partial charge is 0.505 e. The van der Waals surface area contributed by atoms with Crippen LogP contribution in [0.4, 0.5) is 0 Å². The van der Waals surface area contributed by atoms with E-state index in [2.05, 4.69) is 4.98 Å². The van der Waals surface area contributed by atoms with Gasteiger partial charge in [-0.25, -0.2) is 4.98 Å². The van der Waals surface area contributed by atoms with Crippen molar-refractivity contribution < 1.29 is 24.2 Å². The van der Waals surface area contributed by atoms with Gasteiger partial charge in [0.05, 0.1) is 30.5 Å². The van der Waals surface area contributed by atoms with Crippen molar-refractivity contribution in [3.05, 3.63) is 65.1 Å². The predicted molar refractivity (Wildman–Crippen MR) is 136 cm³/mol. The third-order valence-corrected chi connectivity index (χ3v) is 6.14. The quantitative estimate of drug-likeness (QED) is 0.278. The molecule has 0 spiro atoms. The van der Waals surface area contributed by atoms with Gasteiger partial charge in [0, 0.05) is 19.3 Å². The zero-order valence-electron chi connectivity index (χ0n) is 21.3. The summed E-state index contributed by atoms with van der Waals surface area (Å²) in [5.41, 5.74) is 2.25. The molecule has 1 atom stereocenters. The highest BCUT2D eigenvalue weighted by Gasteiger charge is 2.46. The topological polar surface area (TPSA) is 96.6 Å². The Bertz CT molecular complexity index is 1330. The normalized spacial score (nSPS) is 17.4. The van der Waals surface area contributed by atoms with Crippen LogP contribution in [0.3, 0.4) is 0 Å². The predicted octanol–water partition coefficient (Wildman–Crippen LogP) is 3.42. The second kappa shape index (κ2) is 10.4. The highest BCUT2D eigenvalue weighted by Crippen LogP contribution is 2.42. The lowest BCUT2D eigenvalue weighted by molar-refractivity contribution is -0.140. The fourth-order valence-corrected chi connectivity index (χ4v) is 4.53. The number of aryl methyl sites for hydroxylation is 1. The molecule has 0 saturated carbocycles. The minimum Gasteiger partial charge on any atom is -0.505 e. The minimum absolute atomic E-state index is 0.0270. The number of likely N-dealkylation sites (tertiary alicyclic amines) is 1. The molecule has 1 aliphatic rings. The van der Waals surface area contributed by atoms with Gasteiger partial charge in [0.25, 0.3) is 11.7 Å². The number of aliphatic hydroxyl groups excluding tert-OH is 1. The van der Waals surface area contributed by atoms with Gasteiger partial charge in [0.2, 0.25) is 0 Å². The molecule has 0 bridgehead atoms. The number of aliphatic hydroxyl groups is 1. The van der Waals surface area contributed by atoms with E-state index in [0.717, 1.165) is 0 Å². The molecule has 1 amide bonds. The number of aromatic nitrogens is 2. The Labute approximate surface area is 210 Å². The van der Waals surface area contributed by atoms with Crippen molar-refractivity contribution in [3.63, 3.8) is 0 Å². The monoisotopic (exact) mass is 492 g/mol. The molecule has 190 valence electrons. The fraction of sp³-hybridized carbons (Fsp3) is 0.370. The van der Waals surface area contributed by atoms with E-state index in [4.69, 9.17) is 9.47 Å². The molecule has 9 heteroatoms. The van der Waals surface area contributed by atoms with E-state index in [1.165, 1.54) is 4.90 Å². The molecule has 36 heavy (non-hydrogen) atoms. The maximum atomic E-state index is 13.4. The van der Waals surface area contributed by atoms with Crippen molar-refractivity contribution in [1.29, 1.82) is 0 Å². The van der Waals surface area contributed by atoms with Crippen molar-refractivity contribution in [2.24, 2.45) is 0 Å². The Morgan fingerprint density at radius 2 is 1.81 bits per heavy atom. The molecule has 4 rings (SSSR count). The van der Waals surface area contributed by atoms with Gasteiger partial charge in [-0.05, 0) is 64.7 Å². The van der Waals surface area contributed by atoms with E-state index >= 15 is 0 Å². The smallest absolute Gasteiger partial charge is 0.295 e. The number of hydrogen-bond donors (Lipinski definition) is 1. The van der Waals surface area contributed by atoms with E-state index in [0.29, 0.717) is 60.4 Å². The number of amides is 1. The van der Waals surface area contributed by atoms with Crippen LogP contribution >= 0.6 is 0 Å². The number of benzene rings is 1. The average Bonchev–Trinajstić information content (AvgIpc) is 3.31. The lowest BCUT2D eigenvalue weighted by Crippen LogP contribution is -2.35. The number of carbonyl (C=O) groups excluding carboxylic acids is 2. The first-order valence-electron chi connectivity index (χ1n) is 12.0. The number of pyridine rings is 1. The highest BCUT2D eigenvalue weighted by atomic mass is 16.5. The van der Waals surface area contributed by atoms with Gasteiger partial charge in [0.15, 0.2) is 17.3 Å². The lowest BCUT2D eigenvalue weighted by atomic mass is 9.96. The number of carbonyl (C=O) groups is 2. The molecule has 1 fully saturated rings. The van der Waals surface area contributed by atoms with Crippen LogP contribution in [0.2, 0.25) is 0 Å². The molecule has 1 unspecified atom stereocenters. The fourth-order valence-electron chi connectivity index (χ4n) is 4.53. The van der Waals surface area contributed by atoms with Gasteiger partial charge in [0.1, 0.15) is 11.3 Å². The average molecular weight is 493 g/mol. The van der Waals surface area contributed by atoms with E-state index in [-0.39, 0.29) is 11.3 Å². The van der Waals surface area contributed by atoms with E-state index < -0.39 is 17.7 Å². The summed E-state index contributed by atoms with van der Waals surface area (Å²) in [7, 11) is 3.80. The van der Waals surface area contributed by atoms with Gasteiger partial charge in [-0.2, -0.15) is 0 Å². The summed E-state index contributed by atoms with van der Waals surface area (Å²) in [5, 5.41) is 11.6. The number of fused-ring (bicyclic) bond motifs is 1. The summed E-state index contributed by atoms with van der Waals surface area (Å²) < 4.78 is 13.2. The van der Waals surface area contributed by atoms with E-state index in [1.54, 1.807) is 35.7 Å². The first kappa shape index (κ1) is 25.2. The van der Waals surface area contributed by atoms with Gasteiger partial charge < -0.3 is 24.4 Å². The van der Waals surface area contributed by atoms with Crippen LogP contribution in [0, 0.1) is 6.92 Å². The summed E-state index contributed by atoms with van der Waals surface area (Å²) in [6.07, 6.45) is 1.77. The van der Waals surface area contributed by atoms with Gasteiger partial charge in [-0.3, -0.25) is 14.0 Å². The molecule has 2 aromatic heterocycles. The summed E-state index contributed by atoms with van der Waals surface area (Å²) >= 11 is 0. The van der Waals surface area contributed by atoms with Gasteiger partial charge >= 0.3 is 0 Å². The van der Waals surface area contributed by atoms with Crippen molar-refractivity contribution in [3.8, 4) is 11.5 Å². The molecule has 9 nitrogen and oxygen atoms in total. The Morgan fingerprint density at radius 1 is 1.08 bits per heavy atom. The number of ketones is 1. The second-order valence-corrected chi connectivity index (χ2v) is 8.84. The summed E-state index contributed by atoms with van der Waals surface area (Å²) in [5.74, 6) is -0.546. The number of rotatable bonds is 9. The minimum atomic E-state index is -0.798. The molecule has 1 N–H and O–H groups in total. The van der Waals surface area contributed by atoms with Crippen molar-refractivity contribution in [2.45, 2.75) is 26.8 Å². The van der Waals surface area contributed by atoms with E-state index in [1.807, 2.05) is 51.0 Å². The molecule has 0 aliphatic carbocycles. The van der Waals surface area contributed by atoms with Crippen LogP contribution in [0.5, 0.6) is 11.5 Å². The van der Waals surface area contributed by atoms with Crippen LogP contribution in [0.1, 0.15) is 36.8 Å². The first-order chi connectivity index (χ1) is 17.3.